The van der Waals surface area contributed by atoms with Crippen LogP contribution in [-0.2, 0) is 16.0 Å². The van der Waals surface area contributed by atoms with Gasteiger partial charge >= 0.3 is 0 Å². The highest BCUT2D eigenvalue weighted by atomic mass is 35.5. The average molecular weight is 389 g/mol. The Balaban J connectivity index is 0.00000156. The third-order valence-electron chi connectivity index (χ3n) is 4.64. The third kappa shape index (κ3) is 5.56. The van der Waals surface area contributed by atoms with Crippen molar-refractivity contribution in [1.29, 1.82) is 0 Å². The number of rotatable bonds is 3. The minimum atomic E-state index is 0. The monoisotopic (exact) mass is 388 g/mol. The normalized spacial score (nSPS) is 20.5. The molecule has 2 aliphatic rings. The number of aromatic nitrogens is 1. The molecule has 1 atom stereocenters. The van der Waals surface area contributed by atoms with Gasteiger partial charge in [-0.1, -0.05) is 6.07 Å². The van der Waals surface area contributed by atoms with Crippen molar-refractivity contribution in [3.05, 3.63) is 29.6 Å². The summed E-state index contributed by atoms with van der Waals surface area (Å²) in [6, 6.07) is 4.06. The topological polar surface area (TPSA) is 65.5 Å². The predicted octanol–water partition coefficient (Wildman–Crippen LogP) is 1.20. The maximum atomic E-state index is 12.5. The molecule has 2 amide bonds. The minimum Gasteiger partial charge on any atom is -0.340 e. The molecule has 1 aromatic heterocycles. The van der Waals surface area contributed by atoms with E-state index in [9.17, 15) is 9.59 Å². The molecule has 3 rings (SSSR count). The highest BCUT2D eigenvalue weighted by Crippen LogP contribution is 2.18. The average Bonchev–Trinajstić information content (AvgIpc) is 2.57. The number of likely N-dealkylation sites (tertiary alicyclic amines) is 1. The molecule has 0 aliphatic carbocycles. The number of amides is 2. The van der Waals surface area contributed by atoms with Crippen LogP contribution in [0.25, 0.3) is 0 Å². The summed E-state index contributed by atoms with van der Waals surface area (Å²) in [5, 5.41) is 3.10. The van der Waals surface area contributed by atoms with Crippen LogP contribution in [0.5, 0.6) is 0 Å². The molecule has 0 bridgehead atoms. The van der Waals surface area contributed by atoms with Crippen LogP contribution in [0.2, 0.25) is 0 Å². The number of halogens is 2. The highest BCUT2D eigenvalue weighted by Gasteiger charge is 2.31. The lowest BCUT2D eigenvalue weighted by molar-refractivity contribution is -0.140. The number of piperidine rings is 1. The lowest BCUT2D eigenvalue weighted by atomic mass is 10.0. The Morgan fingerprint density at radius 3 is 2.80 bits per heavy atom. The molecule has 0 aromatic carbocycles. The molecule has 0 spiro atoms. The van der Waals surface area contributed by atoms with Crippen molar-refractivity contribution in [1.82, 2.24) is 20.1 Å². The lowest BCUT2D eigenvalue weighted by Crippen LogP contribution is -2.57. The van der Waals surface area contributed by atoms with E-state index in [1.165, 1.54) is 0 Å². The van der Waals surface area contributed by atoms with Crippen molar-refractivity contribution in [2.75, 3.05) is 32.7 Å². The Hall–Kier alpha value is -1.37. The van der Waals surface area contributed by atoms with Crippen LogP contribution < -0.4 is 5.32 Å². The Kier molecular flexibility index (Phi) is 8.62. The number of carbonyl (C=O) groups excluding carboxylic acids is 2. The van der Waals surface area contributed by atoms with Crippen molar-refractivity contribution in [2.24, 2.45) is 0 Å². The van der Waals surface area contributed by atoms with Gasteiger partial charge in [-0.05, 0) is 31.4 Å². The van der Waals surface area contributed by atoms with Crippen molar-refractivity contribution < 1.29 is 9.59 Å². The Morgan fingerprint density at radius 2 is 2.12 bits per heavy atom. The maximum Gasteiger partial charge on any atom is 0.236 e. The van der Waals surface area contributed by atoms with Gasteiger partial charge in [-0.3, -0.25) is 14.6 Å². The van der Waals surface area contributed by atoms with Crippen molar-refractivity contribution in [3.63, 3.8) is 0 Å². The largest absolute Gasteiger partial charge is 0.340 e. The molecular weight excluding hydrogens is 363 g/mol. The second kappa shape index (κ2) is 9.94. The fraction of sp³-hybridized carbons (Fsp3) is 0.588. The highest BCUT2D eigenvalue weighted by molar-refractivity contribution is 5.85. The first-order valence-electron chi connectivity index (χ1n) is 8.33. The SMILES string of the molecule is Cc1ccc(CC(=O)N2CCCC(N3CCNCC3=O)C2)cn1.Cl.Cl. The molecule has 2 fully saturated rings. The zero-order chi connectivity index (χ0) is 16.2. The summed E-state index contributed by atoms with van der Waals surface area (Å²) in [7, 11) is 0. The van der Waals surface area contributed by atoms with Gasteiger partial charge in [-0.25, -0.2) is 0 Å². The van der Waals surface area contributed by atoms with Gasteiger partial charge in [0, 0.05) is 44.1 Å². The number of aryl methyl sites for hydroxylation is 1. The van der Waals surface area contributed by atoms with Crippen LogP contribution in [0.15, 0.2) is 18.3 Å². The molecule has 1 aromatic rings. The summed E-state index contributed by atoms with van der Waals surface area (Å²) in [4.78, 5) is 32.7. The third-order valence-corrected chi connectivity index (χ3v) is 4.64. The summed E-state index contributed by atoms with van der Waals surface area (Å²) in [5.74, 6) is 0.279. The number of nitrogens with zero attached hydrogens (tertiary/aromatic N) is 3. The zero-order valence-electron chi connectivity index (χ0n) is 14.4. The van der Waals surface area contributed by atoms with E-state index in [0.717, 1.165) is 43.7 Å². The van der Waals surface area contributed by atoms with Crippen molar-refractivity contribution in [2.45, 2.75) is 32.2 Å². The summed E-state index contributed by atoms with van der Waals surface area (Å²) < 4.78 is 0. The van der Waals surface area contributed by atoms with E-state index in [1.807, 2.05) is 28.9 Å². The first-order chi connectivity index (χ1) is 11.1. The number of pyridine rings is 1. The minimum absolute atomic E-state index is 0. The number of hydrogen-bond acceptors (Lipinski definition) is 4. The Labute approximate surface area is 161 Å². The van der Waals surface area contributed by atoms with E-state index in [2.05, 4.69) is 10.3 Å². The first-order valence-corrected chi connectivity index (χ1v) is 8.33. The molecule has 3 heterocycles. The standard InChI is InChI=1S/C17H24N4O2.2ClH/c1-13-4-5-14(10-19-13)9-16(22)20-7-2-3-15(12-20)21-8-6-18-11-17(21)23;;/h4-5,10,15,18H,2-3,6-9,11-12H2,1H3;2*1H. The van der Waals surface area contributed by atoms with Crippen LogP contribution in [0.4, 0.5) is 0 Å². The van der Waals surface area contributed by atoms with Gasteiger partial charge in [0.25, 0.3) is 0 Å². The molecule has 2 aliphatic heterocycles. The number of hydrogen-bond donors (Lipinski definition) is 1. The molecule has 2 saturated heterocycles. The molecule has 140 valence electrons. The second-order valence-electron chi connectivity index (χ2n) is 6.38. The first kappa shape index (κ1) is 21.7. The lowest BCUT2D eigenvalue weighted by Gasteiger charge is -2.41. The summed E-state index contributed by atoms with van der Waals surface area (Å²) in [6.45, 7) is 5.38. The summed E-state index contributed by atoms with van der Waals surface area (Å²) in [5.41, 5.74) is 1.90. The molecular formula is C17H26Cl2N4O2. The zero-order valence-corrected chi connectivity index (χ0v) is 16.1. The molecule has 6 nitrogen and oxygen atoms in total. The van der Waals surface area contributed by atoms with E-state index < -0.39 is 0 Å². The van der Waals surface area contributed by atoms with E-state index in [1.54, 1.807) is 6.20 Å². The van der Waals surface area contributed by atoms with Gasteiger partial charge in [0.1, 0.15) is 0 Å². The van der Waals surface area contributed by atoms with Crippen LogP contribution in [0.1, 0.15) is 24.1 Å². The smallest absolute Gasteiger partial charge is 0.236 e. The Morgan fingerprint density at radius 1 is 1.32 bits per heavy atom. The van der Waals surface area contributed by atoms with Crippen molar-refractivity contribution >= 4 is 36.6 Å². The van der Waals surface area contributed by atoms with Crippen LogP contribution >= 0.6 is 24.8 Å². The predicted molar refractivity (Wildman–Crippen MR) is 101 cm³/mol. The van der Waals surface area contributed by atoms with Gasteiger partial charge in [-0.15, -0.1) is 24.8 Å². The summed E-state index contributed by atoms with van der Waals surface area (Å²) >= 11 is 0. The quantitative estimate of drug-likeness (QED) is 0.844. The van der Waals surface area contributed by atoms with E-state index in [-0.39, 0.29) is 42.7 Å². The fourth-order valence-electron chi connectivity index (χ4n) is 3.33. The molecule has 0 saturated carbocycles. The van der Waals surface area contributed by atoms with Gasteiger partial charge in [0.2, 0.25) is 11.8 Å². The van der Waals surface area contributed by atoms with Crippen LogP contribution in [0.3, 0.4) is 0 Å². The van der Waals surface area contributed by atoms with E-state index in [4.69, 9.17) is 0 Å². The second-order valence-corrected chi connectivity index (χ2v) is 6.38. The van der Waals surface area contributed by atoms with Crippen LogP contribution in [0, 0.1) is 6.92 Å². The molecule has 1 unspecified atom stereocenters. The van der Waals surface area contributed by atoms with Crippen molar-refractivity contribution in [3.8, 4) is 0 Å². The van der Waals surface area contributed by atoms with E-state index >= 15 is 0 Å². The number of piperazine rings is 1. The van der Waals surface area contributed by atoms with Crippen LogP contribution in [-0.4, -0.2) is 65.4 Å². The Bertz CT molecular complexity index is 583. The molecule has 1 N–H and O–H groups in total. The van der Waals surface area contributed by atoms with Gasteiger partial charge in [0.05, 0.1) is 13.0 Å². The maximum absolute atomic E-state index is 12.5. The summed E-state index contributed by atoms with van der Waals surface area (Å²) in [6.07, 6.45) is 4.10. The van der Waals surface area contributed by atoms with Gasteiger partial charge in [0.15, 0.2) is 0 Å². The van der Waals surface area contributed by atoms with Gasteiger partial charge in [-0.2, -0.15) is 0 Å². The number of nitrogens with one attached hydrogen (secondary N) is 1. The molecule has 0 radical (unpaired) electrons. The van der Waals surface area contributed by atoms with Gasteiger partial charge < -0.3 is 15.1 Å². The van der Waals surface area contributed by atoms with E-state index in [0.29, 0.717) is 19.5 Å². The molecule has 8 heteroatoms. The fourth-order valence-corrected chi connectivity index (χ4v) is 3.33. The number of carbonyl (C=O) groups is 2. The molecule has 25 heavy (non-hydrogen) atoms.